The van der Waals surface area contributed by atoms with E-state index in [1.165, 1.54) is 12.0 Å². The first kappa shape index (κ1) is 10.4. The quantitative estimate of drug-likeness (QED) is 0.804. The molecule has 0 amide bonds. The number of anilines is 1. The van der Waals surface area contributed by atoms with Crippen LogP contribution in [0.1, 0.15) is 25.8 Å². The minimum atomic E-state index is 0.613. The fraction of sp³-hybridized carbons (Fsp3) is 0.500. The third-order valence-electron chi connectivity index (χ3n) is 1.95. The second-order valence-corrected chi connectivity index (χ2v) is 4.55. The fourth-order valence-corrected chi connectivity index (χ4v) is 1.83. The molecule has 0 radical (unpaired) electrons. The molecule has 0 spiro atoms. The Labute approximate surface area is 83.9 Å². The van der Waals surface area contributed by atoms with Crippen LogP contribution in [0.25, 0.3) is 0 Å². The molecule has 0 bridgehead atoms. The highest BCUT2D eigenvalue weighted by Gasteiger charge is 2.00. The van der Waals surface area contributed by atoms with Gasteiger partial charge in [-0.3, -0.25) is 0 Å². The minimum absolute atomic E-state index is 0.613. The summed E-state index contributed by atoms with van der Waals surface area (Å²) < 4.78 is 0. The Morgan fingerprint density at radius 1 is 1.62 bits per heavy atom. The summed E-state index contributed by atoms with van der Waals surface area (Å²) in [5, 5.41) is 0.717. The van der Waals surface area contributed by atoms with Gasteiger partial charge in [0, 0.05) is 17.2 Å². The first-order valence-electron chi connectivity index (χ1n) is 4.54. The zero-order valence-corrected chi connectivity index (χ0v) is 8.97. The third-order valence-corrected chi connectivity index (χ3v) is 3.36. The average molecular weight is 196 g/mol. The number of aromatic nitrogens is 1. The van der Waals surface area contributed by atoms with Gasteiger partial charge < -0.3 is 5.73 Å². The number of thioether (sulfide) groups is 1. The van der Waals surface area contributed by atoms with Gasteiger partial charge in [0.05, 0.1) is 0 Å². The maximum absolute atomic E-state index is 5.58. The van der Waals surface area contributed by atoms with Crippen LogP contribution >= 0.6 is 11.8 Å². The van der Waals surface area contributed by atoms with Gasteiger partial charge in [-0.15, -0.1) is 0 Å². The van der Waals surface area contributed by atoms with Crippen LogP contribution in [-0.2, 0) is 5.75 Å². The SMILES string of the molecule is CCC(C)SCc1ccnc(N)c1. The summed E-state index contributed by atoms with van der Waals surface area (Å²) in [5.41, 5.74) is 6.84. The summed E-state index contributed by atoms with van der Waals surface area (Å²) in [6.45, 7) is 4.45. The first-order valence-corrected chi connectivity index (χ1v) is 5.59. The molecule has 0 saturated heterocycles. The van der Waals surface area contributed by atoms with E-state index in [1.807, 2.05) is 23.9 Å². The lowest BCUT2D eigenvalue weighted by Crippen LogP contribution is -1.95. The molecule has 0 fully saturated rings. The standard InChI is InChI=1S/C10H16N2S/c1-3-8(2)13-7-9-4-5-12-10(11)6-9/h4-6,8H,3,7H2,1-2H3,(H2,11,12). The van der Waals surface area contributed by atoms with Gasteiger partial charge in [0.25, 0.3) is 0 Å². The smallest absolute Gasteiger partial charge is 0.123 e. The number of nitrogen functional groups attached to an aromatic ring is 1. The van der Waals surface area contributed by atoms with Crippen LogP contribution in [0.5, 0.6) is 0 Å². The fourth-order valence-electron chi connectivity index (χ4n) is 0.941. The summed E-state index contributed by atoms with van der Waals surface area (Å²) in [6.07, 6.45) is 2.98. The molecule has 1 heterocycles. The van der Waals surface area contributed by atoms with Crippen LogP contribution < -0.4 is 5.73 Å². The largest absolute Gasteiger partial charge is 0.384 e. The van der Waals surface area contributed by atoms with Gasteiger partial charge in [-0.05, 0) is 24.1 Å². The molecule has 1 atom stereocenters. The first-order chi connectivity index (χ1) is 6.22. The van der Waals surface area contributed by atoms with Crippen LogP contribution in [0.2, 0.25) is 0 Å². The van der Waals surface area contributed by atoms with Crippen molar-refractivity contribution in [3.8, 4) is 0 Å². The summed E-state index contributed by atoms with van der Waals surface area (Å²) in [4.78, 5) is 3.96. The van der Waals surface area contributed by atoms with Crippen molar-refractivity contribution in [3.05, 3.63) is 23.9 Å². The average Bonchev–Trinajstić information content (AvgIpc) is 2.14. The van der Waals surface area contributed by atoms with E-state index in [9.17, 15) is 0 Å². The molecule has 2 nitrogen and oxygen atoms in total. The van der Waals surface area contributed by atoms with E-state index >= 15 is 0 Å². The van der Waals surface area contributed by atoms with Crippen molar-refractivity contribution in [1.29, 1.82) is 0 Å². The second kappa shape index (κ2) is 5.12. The Bertz CT molecular complexity index is 263. The van der Waals surface area contributed by atoms with Crippen molar-refractivity contribution in [2.75, 3.05) is 5.73 Å². The molecule has 0 aliphatic rings. The molecule has 0 saturated carbocycles. The third kappa shape index (κ3) is 3.68. The Morgan fingerprint density at radius 3 is 3.00 bits per heavy atom. The van der Waals surface area contributed by atoms with E-state index in [4.69, 9.17) is 5.73 Å². The molecule has 1 rings (SSSR count). The lowest BCUT2D eigenvalue weighted by molar-refractivity contribution is 0.905. The molecule has 13 heavy (non-hydrogen) atoms. The molecule has 1 aromatic rings. The van der Waals surface area contributed by atoms with Crippen LogP contribution in [0.4, 0.5) is 5.82 Å². The lowest BCUT2D eigenvalue weighted by atomic mass is 10.3. The monoisotopic (exact) mass is 196 g/mol. The van der Waals surface area contributed by atoms with Gasteiger partial charge in [0.15, 0.2) is 0 Å². The van der Waals surface area contributed by atoms with E-state index in [0.717, 1.165) is 11.0 Å². The molecular formula is C10H16N2S. The number of hydrogen-bond donors (Lipinski definition) is 1. The highest BCUT2D eigenvalue weighted by molar-refractivity contribution is 7.99. The van der Waals surface area contributed by atoms with Gasteiger partial charge in [-0.2, -0.15) is 11.8 Å². The molecule has 0 aliphatic heterocycles. The summed E-state index contributed by atoms with van der Waals surface area (Å²) in [6, 6.07) is 3.96. The van der Waals surface area contributed by atoms with Gasteiger partial charge in [0.1, 0.15) is 5.82 Å². The van der Waals surface area contributed by atoms with E-state index in [0.29, 0.717) is 5.82 Å². The highest BCUT2D eigenvalue weighted by atomic mass is 32.2. The molecule has 0 aromatic carbocycles. The minimum Gasteiger partial charge on any atom is -0.384 e. The zero-order chi connectivity index (χ0) is 9.68. The van der Waals surface area contributed by atoms with Crippen LogP contribution in [-0.4, -0.2) is 10.2 Å². The topological polar surface area (TPSA) is 38.9 Å². The van der Waals surface area contributed by atoms with Crippen LogP contribution in [0, 0.1) is 0 Å². The van der Waals surface area contributed by atoms with Crippen molar-refractivity contribution in [1.82, 2.24) is 4.98 Å². The normalized spacial score (nSPS) is 12.8. The number of pyridine rings is 1. The molecule has 0 aliphatic carbocycles. The van der Waals surface area contributed by atoms with E-state index < -0.39 is 0 Å². The number of hydrogen-bond acceptors (Lipinski definition) is 3. The van der Waals surface area contributed by atoms with E-state index in [1.54, 1.807) is 6.20 Å². The lowest BCUT2D eigenvalue weighted by Gasteiger charge is -2.07. The second-order valence-electron chi connectivity index (χ2n) is 3.12. The van der Waals surface area contributed by atoms with Gasteiger partial charge in [-0.25, -0.2) is 4.98 Å². The maximum atomic E-state index is 5.58. The predicted molar refractivity (Wildman–Crippen MR) is 59.7 cm³/mol. The Morgan fingerprint density at radius 2 is 2.38 bits per heavy atom. The van der Waals surface area contributed by atoms with Gasteiger partial charge in [0.2, 0.25) is 0 Å². The molecule has 72 valence electrons. The number of rotatable bonds is 4. The molecule has 1 aromatic heterocycles. The van der Waals surface area contributed by atoms with E-state index in [-0.39, 0.29) is 0 Å². The van der Waals surface area contributed by atoms with Crippen molar-refractivity contribution in [2.24, 2.45) is 0 Å². The highest BCUT2D eigenvalue weighted by Crippen LogP contribution is 2.19. The van der Waals surface area contributed by atoms with Gasteiger partial charge in [-0.1, -0.05) is 13.8 Å². The Balaban J connectivity index is 2.45. The van der Waals surface area contributed by atoms with Crippen molar-refractivity contribution >= 4 is 17.6 Å². The van der Waals surface area contributed by atoms with Gasteiger partial charge >= 0.3 is 0 Å². The Hall–Kier alpha value is -0.700. The van der Waals surface area contributed by atoms with E-state index in [2.05, 4.69) is 18.8 Å². The molecule has 2 N–H and O–H groups in total. The van der Waals surface area contributed by atoms with Crippen molar-refractivity contribution < 1.29 is 0 Å². The number of nitrogens with zero attached hydrogens (tertiary/aromatic N) is 1. The maximum Gasteiger partial charge on any atom is 0.123 e. The zero-order valence-electron chi connectivity index (χ0n) is 8.16. The molecule has 1 unspecified atom stereocenters. The van der Waals surface area contributed by atoms with Crippen molar-refractivity contribution in [3.63, 3.8) is 0 Å². The summed E-state index contributed by atoms with van der Waals surface area (Å²) in [5.74, 6) is 1.64. The molecule has 3 heteroatoms. The summed E-state index contributed by atoms with van der Waals surface area (Å²) >= 11 is 1.95. The van der Waals surface area contributed by atoms with Crippen LogP contribution in [0.3, 0.4) is 0 Å². The Kier molecular flexibility index (Phi) is 4.09. The number of nitrogens with two attached hydrogens (primary N) is 1. The van der Waals surface area contributed by atoms with Crippen LogP contribution in [0.15, 0.2) is 18.3 Å². The van der Waals surface area contributed by atoms with Crippen molar-refractivity contribution in [2.45, 2.75) is 31.3 Å². The summed E-state index contributed by atoms with van der Waals surface area (Å²) in [7, 11) is 0. The predicted octanol–water partition coefficient (Wildman–Crippen LogP) is 2.70. The molecular weight excluding hydrogens is 180 g/mol.